The van der Waals surface area contributed by atoms with Crippen LogP contribution in [0.4, 0.5) is 5.69 Å². The fourth-order valence-corrected chi connectivity index (χ4v) is 3.65. The van der Waals surface area contributed by atoms with Crippen molar-refractivity contribution in [3.63, 3.8) is 0 Å². The lowest BCUT2D eigenvalue weighted by Gasteiger charge is -2.21. The van der Waals surface area contributed by atoms with E-state index in [1.54, 1.807) is 24.3 Å². The highest BCUT2D eigenvalue weighted by Crippen LogP contribution is 2.21. The largest absolute Gasteiger partial charge is 0.325 e. The number of allylic oxidation sites excluding steroid dienone is 1. The van der Waals surface area contributed by atoms with Gasteiger partial charge in [-0.3, -0.25) is 4.79 Å². The van der Waals surface area contributed by atoms with Gasteiger partial charge in [0, 0.05) is 17.3 Å². The molecule has 2 rings (SSSR count). The Morgan fingerprint density at radius 3 is 2.75 bits per heavy atom. The van der Waals surface area contributed by atoms with Crippen molar-refractivity contribution in [1.29, 1.82) is 0 Å². The van der Waals surface area contributed by atoms with Gasteiger partial charge in [-0.15, -0.1) is 0 Å². The van der Waals surface area contributed by atoms with Crippen LogP contribution in [0.3, 0.4) is 0 Å². The first kappa shape index (κ1) is 19.0. The lowest BCUT2D eigenvalue weighted by atomic mass is 9.97. The quantitative estimate of drug-likeness (QED) is 0.748. The predicted octanol–water partition coefficient (Wildman–Crippen LogP) is 3.43. The summed E-state index contributed by atoms with van der Waals surface area (Å²) in [7, 11) is -3.44. The molecule has 0 fully saturated rings. The van der Waals surface area contributed by atoms with E-state index in [9.17, 15) is 13.2 Å². The molecule has 1 amide bonds. The Morgan fingerprint density at radius 2 is 2.12 bits per heavy atom. The van der Waals surface area contributed by atoms with Crippen molar-refractivity contribution in [2.45, 2.75) is 32.1 Å². The molecule has 0 unspecified atom stereocenters. The Balaban J connectivity index is 1.95. The van der Waals surface area contributed by atoms with Gasteiger partial charge in [0.1, 0.15) is 0 Å². The maximum absolute atomic E-state index is 12.2. The van der Waals surface area contributed by atoms with Gasteiger partial charge in [0.05, 0.1) is 12.8 Å². The summed E-state index contributed by atoms with van der Waals surface area (Å²) in [4.78, 5) is 12.2. The molecule has 0 radical (unpaired) electrons. The van der Waals surface area contributed by atoms with Crippen LogP contribution in [0.5, 0.6) is 0 Å². The summed E-state index contributed by atoms with van der Waals surface area (Å²) in [5.74, 6) is -0.375. The second-order valence-corrected chi connectivity index (χ2v) is 8.43. The summed E-state index contributed by atoms with van der Waals surface area (Å²) in [6.45, 7) is 0.131. The molecular weight excluding hydrogens is 348 g/mol. The Bertz CT molecular complexity index is 716. The molecule has 7 heteroatoms. The summed E-state index contributed by atoms with van der Waals surface area (Å²) >= 11 is 5.88. The first-order valence-electron chi connectivity index (χ1n) is 8.03. The van der Waals surface area contributed by atoms with Crippen LogP contribution < -0.4 is 5.32 Å². The van der Waals surface area contributed by atoms with Crippen molar-refractivity contribution in [3.8, 4) is 0 Å². The average Bonchev–Trinajstić information content (AvgIpc) is 2.51. The van der Waals surface area contributed by atoms with E-state index in [1.165, 1.54) is 16.3 Å². The Kier molecular flexibility index (Phi) is 6.83. The van der Waals surface area contributed by atoms with Gasteiger partial charge in [-0.25, -0.2) is 8.42 Å². The molecule has 24 heavy (non-hydrogen) atoms. The average molecular weight is 371 g/mol. The second-order valence-electron chi connectivity index (χ2n) is 6.01. The molecule has 0 aromatic heterocycles. The van der Waals surface area contributed by atoms with Crippen LogP contribution in [0.2, 0.25) is 5.02 Å². The number of carbonyl (C=O) groups excluding carboxylic acids is 1. The number of carbonyl (C=O) groups is 1. The minimum absolute atomic E-state index is 0.196. The Labute approximate surface area is 148 Å². The van der Waals surface area contributed by atoms with Crippen molar-refractivity contribution < 1.29 is 13.2 Å². The molecule has 1 aliphatic rings. The number of sulfonamides is 1. The number of hydrogen-bond acceptors (Lipinski definition) is 3. The van der Waals surface area contributed by atoms with Gasteiger partial charge < -0.3 is 5.32 Å². The molecule has 1 N–H and O–H groups in total. The topological polar surface area (TPSA) is 66.5 Å². The summed E-state index contributed by atoms with van der Waals surface area (Å²) in [6, 6.07) is 6.76. The number of rotatable bonds is 7. The zero-order valence-electron chi connectivity index (χ0n) is 13.8. The predicted molar refractivity (Wildman–Crippen MR) is 97.7 cm³/mol. The standard InChI is InChI=1S/C17H23ClN2O3S/c1-24(22,23)20(11-10-14-6-3-2-4-7-14)13-17(21)19-16-9-5-8-15(18)12-16/h5-6,8-9,12H,2-4,7,10-11,13H2,1H3,(H,19,21). The maximum Gasteiger partial charge on any atom is 0.239 e. The molecule has 0 saturated carbocycles. The minimum Gasteiger partial charge on any atom is -0.325 e. The van der Waals surface area contributed by atoms with Gasteiger partial charge in [-0.2, -0.15) is 4.31 Å². The van der Waals surface area contributed by atoms with E-state index in [-0.39, 0.29) is 12.5 Å². The lowest BCUT2D eigenvalue weighted by molar-refractivity contribution is -0.116. The van der Waals surface area contributed by atoms with Gasteiger partial charge in [-0.05, 0) is 50.3 Å². The number of amides is 1. The van der Waals surface area contributed by atoms with Gasteiger partial charge in [-0.1, -0.05) is 29.3 Å². The summed E-state index contributed by atoms with van der Waals surface area (Å²) in [5, 5.41) is 3.19. The van der Waals surface area contributed by atoms with Crippen LogP contribution in [-0.4, -0.2) is 38.0 Å². The highest BCUT2D eigenvalue weighted by Gasteiger charge is 2.20. The smallest absolute Gasteiger partial charge is 0.239 e. The highest BCUT2D eigenvalue weighted by molar-refractivity contribution is 7.88. The van der Waals surface area contributed by atoms with Gasteiger partial charge in [0.25, 0.3) is 0 Å². The van der Waals surface area contributed by atoms with Crippen LogP contribution in [0.25, 0.3) is 0 Å². The van der Waals surface area contributed by atoms with Crippen LogP contribution >= 0.6 is 11.6 Å². The molecular formula is C17H23ClN2O3S. The first-order valence-corrected chi connectivity index (χ1v) is 10.3. The summed E-state index contributed by atoms with van der Waals surface area (Å²) < 4.78 is 25.1. The molecule has 1 aliphatic carbocycles. The fourth-order valence-electron chi connectivity index (χ4n) is 2.69. The van der Waals surface area contributed by atoms with E-state index >= 15 is 0 Å². The first-order chi connectivity index (χ1) is 11.3. The second kappa shape index (κ2) is 8.65. The molecule has 1 aromatic carbocycles. The van der Waals surface area contributed by atoms with Crippen LogP contribution in [0.1, 0.15) is 32.1 Å². The van der Waals surface area contributed by atoms with Crippen molar-refractivity contribution in [2.75, 3.05) is 24.7 Å². The third kappa shape index (κ3) is 6.26. The molecule has 0 aliphatic heterocycles. The molecule has 0 spiro atoms. The highest BCUT2D eigenvalue weighted by atomic mass is 35.5. The van der Waals surface area contributed by atoms with E-state index in [0.29, 0.717) is 23.7 Å². The molecule has 0 heterocycles. The number of halogens is 1. The zero-order chi connectivity index (χ0) is 17.6. The number of hydrogen-bond donors (Lipinski definition) is 1. The normalized spacial score (nSPS) is 15.2. The van der Waals surface area contributed by atoms with E-state index < -0.39 is 10.0 Å². The van der Waals surface area contributed by atoms with Crippen molar-refractivity contribution in [2.24, 2.45) is 0 Å². The number of nitrogens with zero attached hydrogens (tertiary/aromatic N) is 1. The zero-order valence-corrected chi connectivity index (χ0v) is 15.4. The number of anilines is 1. The lowest BCUT2D eigenvalue weighted by Crippen LogP contribution is -2.38. The molecule has 0 atom stereocenters. The molecule has 0 saturated heterocycles. The van der Waals surface area contributed by atoms with Gasteiger partial charge >= 0.3 is 0 Å². The third-order valence-electron chi connectivity index (χ3n) is 3.96. The van der Waals surface area contributed by atoms with Crippen LogP contribution in [0, 0.1) is 0 Å². The molecule has 132 valence electrons. The van der Waals surface area contributed by atoms with E-state index in [0.717, 1.165) is 25.5 Å². The summed E-state index contributed by atoms with van der Waals surface area (Å²) in [5.41, 5.74) is 1.83. The van der Waals surface area contributed by atoms with E-state index in [1.807, 2.05) is 0 Å². The monoisotopic (exact) mass is 370 g/mol. The van der Waals surface area contributed by atoms with Crippen LogP contribution in [0.15, 0.2) is 35.9 Å². The Morgan fingerprint density at radius 1 is 1.33 bits per heavy atom. The van der Waals surface area contributed by atoms with E-state index in [2.05, 4.69) is 11.4 Å². The van der Waals surface area contributed by atoms with Crippen molar-refractivity contribution >= 4 is 33.2 Å². The van der Waals surface area contributed by atoms with Crippen molar-refractivity contribution in [1.82, 2.24) is 4.31 Å². The number of nitrogens with one attached hydrogen (secondary N) is 1. The van der Waals surface area contributed by atoms with Crippen molar-refractivity contribution in [3.05, 3.63) is 40.9 Å². The molecule has 5 nitrogen and oxygen atoms in total. The van der Waals surface area contributed by atoms with E-state index in [4.69, 9.17) is 11.6 Å². The maximum atomic E-state index is 12.2. The van der Waals surface area contributed by atoms with Crippen LogP contribution in [-0.2, 0) is 14.8 Å². The molecule has 0 bridgehead atoms. The number of benzene rings is 1. The van der Waals surface area contributed by atoms with Gasteiger partial charge in [0.2, 0.25) is 15.9 Å². The molecule has 1 aromatic rings. The van der Waals surface area contributed by atoms with Gasteiger partial charge in [0.15, 0.2) is 0 Å². The summed E-state index contributed by atoms with van der Waals surface area (Å²) in [6.07, 6.45) is 8.43. The minimum atomic E-state index is -3.44. The SMILES string of the molecule is CS(=O)(=O)N(CCC1=CCCCC1)CC(=O)Nc1cccc(Cl)c1. The third-order valence-corrected chi connectivity index (χ3v) is 5.45. The fraction of sp³-hybridized carbons (Fsp3) is 0.471. The Hall–Kier alpha value is -1.37.